The summed E-state index contributed by atoms with van der Waals surface area (Å²) in [6.45, 7) is 1.61. The van der Waals surface area contributed by atoms with Gasteiger partial charge in [0.15, 0.2) is 0 Å². The van der Waals surface area contributed by atoms with Crippen LogP contribution in [0.25, 0.3) is 0 Å². The Balaban J connectivity index is 1.97. The number of hydrogen-bond acceptors (Lipinski definition) is 5. The van der Waals surface area contributed by atoms with E-state index >= 15 is 0 Å². The summed E-state index contributed by atoms with van der Waals surface area (Å²) in [5.41, 5.74) is 0.624. The van der Waals surface area contributed by atoms with Gasteiger partial charge in [0.1, 0.15) is 0 Å². The lowest BCUT2D eigenvalue weighted by Crippen LogP contribution is -2.43. The number of para-hydroxylation sites is 1. The summed E-state index contributed by atoms with van der Waals surface area (Å²) < 4.78 is 0. The van der Waals surface area contributed by atoms with Gasteiger partial charge in [-0.25, -0.2) is 0 Å². The summed E-state index contributed by atoms with van der Waals surface area (Å²) in [5.74, 6) is -0.704. The average molecular weight is 391 g/mol. The van der Waals surface area contributed by atoms with Gasteiger partial charge in [-0.05, 0) is 32.2 Å². The van der Waals surface area contributed by atoms with Crippen LogP contribution in [0.3, 0.4) is 0 Å². The minimum atomic E-state index is -0.665. The molecule has 2 aromatic carbocycles. The molecule has 1 unspecified atom stereocenters. The minimum Gasteiger partial charge on any atom is -0.325 e. The quantitative estimate of drug-likeness (QED) is 0.558. The van der Waals surface area contributed by atoms with E-state index < -0.39 is 16.9 Å². The molecular formula is C18H19ClN4O4. The third-order valence-corrected chi connectivity index (χ3v) is 4.24. The second-order valence-corrected chi connectivity index (χ2v) is 6.32. The standard InChI is InChI=1S/C18H19ClN4O4/c1-12(22(2)11-17(24)20-13-6-4-3-5-7-13)18(25)21-16-10-14(23(26)27)8-9-15(16)19/h3-10,12H,11H2,1-2H3,(H,20,24)(H,21,25). The maximum atomic E-state index is 12.4. The predicted octanol–water partition coefficient (Wildman–Crippen LogP) is 3.15. The van der Waals surface area contributed by atoms with Crippen molar-refractivity contribution in [2.75, 3.05) is 24.2 Å². The topological polar surface area (TPSA) is 105 Å². The van der Waals surface area contributed by atoms with Crippen molar-refractivity contribution in [3.63, 3.8) is 0 Å². The van der Waals surface area contributed by atoms with Gasteiger partial charge in [0.05, 0.1) is 28.2 Å². The zero-order chi connectivity index (χ0) is 20.0. The molecular weight excluding hydrogens is 372 g/mol. The molecule has 0 spiro atoms. The number of non-ortho nitro benzene ring substituents is 1. The Hall–Kier alpha value is -2.97. The summed E-state index contributed by atoms with van der Waals surface area (Å²) in [5, 5.41) is 16.3. The third-order valence-electron chi connectivity index (χ3n) is 3.91. The van der Waals surface area contributed by atoms with Gasteiger partial charge in [-0.1, -0.05) is 29.8 Å². The lowest BCUT2D eigenvalue weighted by atomic mass is 10.2. The minimum absolute atomic E-state index is 0.00779. The summed E-state index contributed by atoms with van der Waals surface area (Å²) in [7, 11) is 1.63. The molecule has 0 saturated heterocycles. The Morgan fingerprint density at radius 2 is 1.85 bits per heavy atom. The van der Waals surface area contributed by atoms with Gasteiger partial charge in [0, 0.05) is 17.8 Å². The Morgan fingerprint density at radius 3 is 2.48 bits per heavy atom. The number of nitrogens with one attached hydrogen (secondary N) is 2. The van der Waals surface area contributed by atoms with E-state index in [9.17, 15) is 19.7 Å². The number of halogens is 1. The maximum absolute atomic E-state index is 12.4. The first-order chi connectivity index (χ1) is 12.8. The molecule has 27 heavy (non-hydrogen) atoms. The fraction of sp³-hybridized carbons (Fsp3) is 0.222. The van der Waals surface area contributed by atoms with Crippen molar-refractivity contribution >= 4 is 40.5 Å². The number of nitro groups is 1. The number of amides is 2. The van der Waals surface area contributed by atoms with Crippen molar-refractivity contribution in [2.24, 2.45) is 0 Å². The number of rotatable bonds is 7. The Bertz CT molecular complexity index is 845. The Kier molecular flexibility index (Phi) is 6.86. The average Bonchev–Trinajstić information content (AvgIpc) is 2.63. The molecule has 0 aliphatic carbocycles. The van der Waals surface area contributed by atoms with Gasteiger partial charge in [-0.2, -0.15) is 0 Å². The molecule has 2 rings (SSSR count). The van der Waals surface area contributed by atoms with Gasteiger partial charge >= 0.3 is 0 Å². The van der Waals surface area contributed by atoms with Crippen LogP contribution in [-0.4, -0.2) is 41.3 Å². The molecule has 2 amide bonds. The highest BCUT2D eigenvalue weighted by Crippen LogP contribution is 2.26. The highest BCUT2D eigenvalue weighted by Gasteiger charge is 2.22. The SMILES string of the molecule is CC(C(=O)Nc1cc([N+](=O)[O-])ccc1Cl)N(C)CC(=O)Nc1ccccc1. The van der Waals surface area contributed by atoms with Crippen LogP contribution in [-0.2, 0) is 9.59 Å². The van der Waals surface area contributed by atoms with E-state index in [4.69, 9.17) is 11.6 Å². The van der Waals surface area contributed by atoms with Gasteiger partial charge in [0.25, 0.3) is 5.69 Å². The molecule has 0 aliphatic rings. The van der Waals surface area contributed by atoms with Crippen molar-refractivity contribution in [1.82, 2.24) is 4.90 Å². The fourth-order valence-electron chi connectivity index (χ4n) is 2.25. The van der Waals surface area contributed by atoms with Crippen LogP contribution in [0.5, 0.6) is 0 Å². The first-order valence-electron chi connectivity index (χ1n) is 8.08. The van der Waals surface area contributed by atoms with E-state index in [0.717, 1.165) is 0 Å². The zero-order valence-corrected chi connectivity index (χ0v) is 15.6. The molecule has 0 bridgehead atoms. The molecule has 2 N–H and O–H groups in total. The van der Waals surface area contributed by atoms with Crippen LogP contribution in [0, 0.1) is 10.1 Å². The van der Waals surface area contributed by atoms with Gasteiger partial charge in [-0.3, -0.25) is 24.6 Å². The molecule has 0 saturated carbocycles. The number of carbonyl (C=O) groups excluding carboxylic acids is 2. The highest BCUT2D eigenvalue weighted by atomic mass is 35.5. The number of carbonyl (C=O) groups is 2. The molecule has 0 aliphatic heterocycles. The molecule has 0 radical (unpaired) electrons. The lowest BCUT2D eigenvalue weighted by molar-refractivity contribution is -0.384. The van der Waals surface area contributed by atoms with E-state index in [-0.39, 0.29) is 28.8 Å². The second-order valence-electron chi connectivity index (χ2n) is 5.92. The second kappa shape index (κ2) is 9.11. The molecule has 2 aromatic rings. The molecule has 142 valence electrons. The number of nitrogens with zero attached hydrogens (tertiary/aromatic N) is 2. The maximum Gasteiger partial charge on any atom is 0.271 e. The highest BCUT2D eigenvalue weighted by molar-refractivity contribution is 6.33. The first kappa shape index (κ1) is 20.3. The van der Waals surface area contributed by atoms with Crippen molar-refractivity contribution in [1.29, 1.82) is 0 Å². The number of anilines is 2. The molecule has 9 heteroatoms. The first-order valence-corrected chi connectivity index (χ1v) is 8.45. The lowest BCUT2D eigenvalue weighted by Gasteiger charge is -2.23. The van der Waals surface area contributed by atoms with Crippen LogP contribution in [0.15, 0.2) is 48.5 Å². The van der Waals surface area contributed by atoms with E-state index in [1.807, 2.05) is 6.07 Å². The summed E-state index contributed by atoms with van der Waals surface area (Å²) in [6.07, 6.45) is 0. The van der Waals surface area contributed by atoms with E-state index in [2.05, 4.69) is 10.6 Å². The number of benzene rings is 2. The van der Waals surface area contributed by atoms with Crippen LogP contribution >= 0.6 is 11.6 Å². The number of nitro benzene ring substituents is 1. The molecule has 0 heterocycles. The van der Waals surface area contributed by atoms with E-state index in [1.54, 1.807) is 43.1 Å². The molecule has 1 atom stereocenters. The van der Waals surface area contributed by atoms with Gasteiger partial charge in [-0.15, -0.1) is 0 Å². The zero-order valence-electron chi connectivity index (χ0n) is 14.8. The summed E-state index contributed by atoms with van der Waals surface area (Å²) in [6, 6.07) is 12.1. The predicted molar refractivity (Wildman–Crippen MR) is 104 cm³/mol. The van der Waals surface area contributed by atoms with Crippen molar-refractivity contribution in [3.05, 3.63) is 63.7 Å². The van der Waals surface area contributed by atoms with Crippen molar-refractivity contribution in [3.8, 4) is 0 Å². The monoisotopic (exact) mass is 390 g/mol. The largest absolute Gasteiger partial charge is 0.325 e. The smallest absolute Gasteiger partial charge is 0.271 e. The molecule has 8 nitrogen and oxygen atoms in total. The number of likely N-dealkylation sites (N-methyl/N-ethyl adjacent to an activating group) is 1. The normalized spacial score (nSPS) is 11.7. The Labute approximate surface area is 161 Å². The molecule has 0 aromatic heterocycles. The van der Waals surface area contributed by atoms with Gasteiger partial charge in [0.2, 0.25) is 11.8 Å². The van der Waals surface area contributed by atoms with E-state index in [0.29, 0.717) is 5.69 Å². The summed E-state index contributed by atoms with van der Waals surface area (Å²) in [4.78, 5) is 36.4. The van der Waals surface area contributed by atoms with Crippen LogP contribution in [0.4, 0.5) is 17.1 Å². The van der Waals surface area contributed by atoms with Gasteiger partial charge < -0.3 is 10.6 Å². The molecule has 0 fully saturated rings. The number of hydrogen-bond donors (Lipinski definition) is 2. The van der Waals surface area contributed by atoms with Crippen LogP contribution in [0.1, 0.15) is 6.92 Å². The van der Waals surface area contributed by atoms with Crippen molar-refractivity contribution in [2.45, 2.75) is 13.0 Å². The van der Waals surface area contributed by atoms with Crippen LogP contribution in [0.2, 0.25) is 5.02 Å². The third kappa shape index (κ3) is 5.77. The van der Waals surface area contributed by atoms with Crippen molar-refractivity contribution < 1.29 is 14.5 Å². The summed E-state index contributed by atoms with van der Waals surface area (Å²) >= 11 is 5.99. The van der Waals surface area contributed by atoms with E-state index in [1.165, 1.54) is 18.2 Å². The fourth-order valence-corrected chi connectivity index (χ4v) is 2.41. The Morgan fingerprint density at radius 1 is 1.19 bits per heavy atom. The van der Waals surface area contributed by atoms with Crippen LogP contribution < -0.4 is 10.6 Å².